The van der Waals surface area contributed by atoms with Gasteiger partial charge in [-0.25, -0.2) is 4.39 Å². The summed E-state index contributed by atoms with van der Waals surface area (Å²) < 4.78 is 21.9. The highest BCUT2D eigenvalue weighted by molar-refractivity contribution is 6.15. The quantitative estimate of drug-likeness (QED) is 0.342. The molecule has 0 aliphatic carbocycles. The number of rotatable bonds is 2. The maximum Gasteiger partial charge on any atom is 0.216 e. The predicted octanol–water partition coefficient (Wildman–Crippen LogP) is 6.06. The van der Waals surface area contributed by atoms with Crippen LogP contribution in [0.4, 0.5) is 4.39 Å². The van der Waals surface area contributed by atoms with Gasteiger partial charge in [-0.3, -0.25) is 0 Å². The summed E-state index contributed by atoms with van der Waals surface area (Å²) in [7, 11) is 1.81. The number of fused-ring (bicyclic) bond motifs is 3. The van der Waals surface area contributed by atoms with Crippen LogP contribution in [0.1, 0.15) is 11.1 Å². The van der Waals surface area contributed by atoms with Crippen molar-refractivity contribution in [2.45, 2.75) is 6.92 Å². The lowest BCUT2D eigenvalue weighted by atomic mass is 9.96. The van der Waals surface area contributed by atoms with Gasteiger partial charge in [0.15, 0.2) is 5.82 Å². The summed E-state index contributed by atoms with van der Waals surface area (Å²) in [6.07, 6.45) is 1.45. The van der Waals surface area contributed by atoms with Crippen LogP contribution in [0, 0.1) is 24.1 Å². The van der Waals surface area contributed by atoms with Crippen LogP contribution in [-0.2, 0) is 7.05 Å². The molecule has 5 aromatic rings. The smallest absolute Gasteiger partial charge is 0.216 e. The van der Waals surface area contributed by atoms with Gasteiger partial charge in [0.25, 0.3) is 0 Å². The first kappa shape index (κ1) is 18.1. The van der Waals surface area contributed by atoms with Crippen LogP contribution in [0.15, 0.2) is 77.3 Å². The van der Waals surface area contributed by atoms with Crippen LogP contribution in [0.25, 0.3) is 44.3 Å². The molecule has 0 unspecified atom stereocenters. The van der Waals surface area contributed by atoms with Crippen molar-refractivity contribution in [3.05, 3.63) is 89.9 Å². The van der Waals surface area contributed by atoms with E-state index in [2.05, 4.69) is 6.07 Å². The molecule has 0 atom stereocenters. The van der Waals surface area contributed by atoms with E-state index in [1.54, 1.807) is 10.6 Å². The first-order chi connectivity index (χ1) is 14.6. The summed E-state index contributed by atoms with van der Waals surface area (Å²) in [4.78, 5) is 0. The zero-order chi connectivity index (χ0) is 20.8. The number of hydrogen-bond donors (Lipinski definition) is 0. The lowest BCUT2D eigenvalue weighted by Crippen LogP contribution is -2.31. The molecule has 2 aromatic heterocycles. The van der Waals surface area contributed by atoms with Crippen molar-refractivity contribution in [3.63, 3.8) is 0 Å². The Hall–Kier alpha value is -3.97. The molecule has 0 aliphatic rings. The van der Waals surface area contributed by atoms with Crippen molar-refractivity contribution < 1.29 is 13.4 Å². The molecular weight excluding hydrogens is 375 g/mol. The van der Waals surface area contributed by atoms with Crippen molar-refractivity contribution in [1.29, 1.82) is 5.26 Å². The highest BCUT2D eigenvalue weighted by Crippen LogP contribution is 2.41. The fourth-order valence-corrected chi connectivity index (χ4v) is 4.13. The maximum absolute atomic E-state index is 13.7. The van der Waals surface area contributed by atoms with Crippen LogP contribution in [-0.4, -0.2) is 0 Å². The Morgan fingerprint density at radius 2 is 1.73 bits per heavy atom. The number of furan rings is 1. The van der Waals surface area contributed by atoms with E-state index in [1.807, 2.05) is 68.6 Å². The SMILES string of the molecule is Cc1ccc2c(oc3c(-c4ccccc4)ccc(C#N)c32)c1-c1ccc(F)c[n+]1C. The van der Waals surface area contributed by atoms with E-state index >= 15 is 0 Å². The molecule has 0 saturated heterocycles. The summed E-state index contributed by atoms with van der Waals surface area (Å²) in [5.74, 6) is -0.297. The van der Waals surface area contributed by atoms with Gasteiger partial charge in [-0.15, -0.1) is 0 Å². The topological polar surface area (TPSA) is 40.8 Å². The molecule has 144 valence electrons. The zero-order valence-electron chi connectivity index (χ0n) is 16.6. The van der Waals surface area contributed by atoms with E-state index in [0.29, 0.717) is 16.7 Å². The molecule has 5 rings (SSSR count). The molecule has 0 aliphatic heterocycles. The first-order valence-electron chi connectivity index (χ1n) is 9.68. The minimum absolute atomic E-state index is 0.297. The average molecular weight is 393 g/mol. The van der Waals surface area contributed by atoms with Crippen molar-refractivity contribution in [3.8, 4) is 28.5 Å². The lowest BCUT2D eigenvalue weighted by Gasteiger charge is -2.05. The second-order valence-corrected chi connectivity index (χ2v) is 7.42. The van der Waals surface area contributed by atoms with Gasteiger partial charge in [-0.05, 0) is 36.2 Å². The highest BCUT2D eigenvalue weighted by atomic mass is 19.1. The van der Waals surface area contributed by atoms with Crippen LogP contribution >= 0.6 is 0 Å². The molecule has 0 bridgehead atoms. The molecular formula is C26H18FN2O+. The van der Waals surface area contributed by atoms with Crippen LogP contribution in [0.3, 0.4) is 0 Å². The van der Waals surface area contributed by atoms with E-state index < -0.39 is 0 Å². The number of nitriles is 1. The van der Waals surface area contributed by atoms with E-state index in [0.717, 1.165) is 38.7 Å². The number of aromatic nitrogens is 1. The van der Waals surface area contributed by atoms with Gasteiger partial charge in [-0.2, -0.15) is 9.83 Å². The molecule has 0 amide bonds. The number of pyridine rings is 1. The predicted molar refractivity (Wildman–Crippen MR) is 115 cm³/mol. The van der Waals surface area contributed by atoms with Crippen LogP contribution < -0.4 is 4.57 Å². The Balaban J connectivity index is 1.93. The monoisotopic (exact) mass is 393 g/mol. The fourth-order valence-electron chi connectivity index (χ4n) is 4.13. The van der Waals surface area contributed by atoms with Crippen molar-refractivity contribution in [2.24, 2.45) is 7.05 Å². The van der Waals surface area contributed by atoms with E-state index in [9.17, 15) is 9.65 Å². The molecule has 0 spiro atoms. The van der Waals surface area contributed by atoms with Gasteiger partial charge in [0.1, 0.15) is 18.2 Å². The number of aryl methyl sites for hydroxylation is 2. The molecule has 3 aromatic carbocycles. The van der Waals surface area contributed by atoms with E-state index in [4.69, 9.17) is 4.42 Å². The van der Waals surface area contributed by atoms with Gasteiger partial charge in [0.05, 0.1) is 17.2 Å². The normalized spacial score (nSPS) is 11.1. The third kappa shape index (κ3) is 2.67. The zero-order valence-corrected chi connectivity index (χ0v) is 16.6. The lowest BCUT2D eigenvalue weighted by molar-refractivity contribution is -0.661. The molecule has 2 heterocycles. The third-order valence-electron chi connectivity index (χ3n) is 5.56. The maximum atomic E-state index is 13.7. The molecule has 0 fully saturated rings. The Morgan fingerprint density at radius 1 is 0.933 bits per heavy atom. The number of hydrogen-bond acceptors (Lipinski definition) is 2. The minimum atomic E-state index is -0.297. The molecule has 0 radical (unpaired) electrons. The van der Waals surface area contributed by atoms with Crippen molar-refractivity contribution in [2.75, 3.05) is 0 Å². The van der Waals surface area contributed by atoms with E-state index in [-0.39, 0.29) is 5.82 Å². The van der Waals surface area contributed by atoms with Gasteiger partial charge in [0.2, 0.25) is 11.9 Å². The second-order valence-electron chi connectivity index (χ2n) is 7.42. The standard InChI is InChI=1S/C26H18FN2O/c1-16-8-11-21-24-18(14-28)9-12-20(17-6-4-3-5-7-17)25(24)30-26(21)23(16)22-13-10-19(27)15-29(22)2/h3-13,15H,1-2H3/q+1. The second kappa shape index (κ2) is 6.82. The Bertz CT molecular complexity index is 1480. The summed E-state index contributed by atoms with van der Waals surface area (Å²) in [5, 5.41) is 11.4. The Labute approximate surface area is 173 Å². The molecule has 0 N–H and O–H groups in total. The van der Waals surface area contributed by atoms with Crippen molar-refractivity contribution in [1.82, 2.24) is 0 Å². The number of halogens is 1. The van der Waals surface area contributed by atoms with Gasteiger partial charge in [0, 0.05) is 22.4 Å². The van der Waals surface area contributed by atoms with Gasteiger partial charge in [-0.1, -0.05) is 42.5 Å². The number of nitrogens with zero attached hydrogens (tertiary/aromatic N) is 2. The third-order valence-corrected chi connectivity index (χ3v) is 5.56. The summed E-state index contributed by atoms with van der Waals surface area (Å²) in [5.41, 5.74) is 6.68. The minimum Gasteiger partial charge on any atom is -0.454 e. The Morgan fingerprint density at radius 3 is 2.47 bits per heavy atom. The average Bonchev–Trinajstić information content (AvgIpc) is 3.14. The summed E-state index contributed by atoms with van der Waals surface area (Å²) in [6.45, 7) is 2.01. The summed E-state index contributed by atoms with van der Waals surface area (Å²) >= 11 is 0. The van der Waals surface area contributed by atoms with E-state index in [1.165, 1.54) is 12.3 Å². The molecule has 4 heteroatoms. The van der Waals surface area contributed by atoms with Crippen LogP contribution in [0.5, 0.6) is 0 Å². The van der Waals surface area contributed by atoms with Crippen LogP contribution in [0.2, 0.25) is 0 Å². The van der Waals surface area contributed by atoms with Gasteiger partial charge >= 0.3 is 0 Å². The largest absolute Gasteiger partial charge is 0.454 e. The summed E-state index contributed by atoms with van der Waals surface area (Å²) in [6, 6.07) is 23.3. The number of benzene rings is 3. The molecule has 3 nitrogen and oxygen atoms in total. The van der Waals surface area contributed by atoms with Crippen molar-refractivity contribution >= 4 is 21.9 Å². The van der Waals surface area contributed by atoms with Gasteiger partial charge < -0.3 is 4.42 Å². The fraction of sp³-hybridized carbons (Fsp3) is 0.0769. The Kier molecular flexibility index (Phi) is 4.11. The molecule has 30 heavy (non-hydrogen) atoms. The first-order valence-corrected chi connectivity index (χ1v) is 9.68. The molecule has 0 saturated carbocycles. The highest BCUT2D eigenvalue weighted by Gasteiger charge is 2.23.